The standard InChI is InChI=1S/C22H17ClN4OS3/c23-18-9-3-5-15(11-18)12-24-25-20(28)14-30-22-27-26-21(31-22)29-13-17-8-4-7-16-6-1-2-10-19(16)17/h1-12H,13-14H2,(H,25,28). The summed E-state index contributed by atoms with van der Waals surface area (Å²) in [6, 6.07) is 21.9. The van der Waals surface area contributed by atoms with Gasteiger partial charge < -0.3 is 0 Å². The van der Waals surface area contributed by atoms with Gasteiger partial charge in [-0.2, -0.15) is 5.10 Å². The number of carbonyl (C=O) groups excluding carboxylic acids is 1. The molecule has 4 aromatic rings. The van der Waals surface area contributed by atoms with E-state index >= 15 is 0 Å². The van der Waals surface area contributed by atoms with Gasteiger partial charge in [0.15, 0.2) is 8.68 Å². The van der Waals surface area contributed by atoms with Crippen LogP contribution in [0.4, 0.5) is 0 Å². The predicted molar refractivity (Wildman–Crippen MR) is 131 cm³/mol. The largest absolute Gasteiger partial charge is 0.272 e. The molecule has 0 aliphatic heterocycles. The van der Waals surface area contributed by atoms with Gasteiger partial charge in [0.25, 0.3) is 5.91 Å². The first-order valence-corrected chi connectivity index (χ1v) is 12.5. The second-order valence-electron chi connectivity index (χ2n) is 6.40. The van der Waals surface area contributed by atoms with Crippen molar-refractivity contribution < 1.29 is 4.79 Å². The Hall–Kier alpha value is -2.39. The second-order valence-corrected chi connectivity index (χ2v) is 10.3. The van der Waals surface area contributed by atoms with Gasteiger partial charge in [0.2, 0.25) is 0 Å². The van der Waals surface area contributed by atoms with E-state index in [4.69, 9.17) is 11.6 Å². The van der Waals surface area contributed by atoms with E-state index in [-0.39, 0.29) is 11.7 Å². The third kappa shape index (κ3) is 6.30. The molecule has 1 heterocycles. The molecule has 9 heteroatoms. The normalized spacial score (nSPS) is 11.3. The number of hydrogen-bond donors (Lipinski definition) is 1. The molecule has 0 aliphatic rings. The fourth-order valence-corrected chi connectivity index (χ4v) is 5.81. The molecule has 0 unspecified atom stereocenters. The van der Waals surface area contributed by atoms with Crippen molar-refractivity contribution in [2.75, 3.05) is 5.75 Å². The van der Waals surface area contributed by atoms with Gasteiger partial charge in [-0.15, -0.1) is 10.2 Å². The fourth-order valence-electron chi connectivity index (χ4n) is 2.80. The van der Waals surface area contributed by atoms with Crippen LogP contribution in [0, 0.1) is 0 Å². The molecule has 0 fully saturated rings. The Morgan fingerprint density at radius 3 is 2.68 bits per heavy atom. The molecule has 1 aromatic heterocycles. The van der Waals surface area contributed by atoms with Crippen molar-refractivity contribution in [3.63, 3.8) is 0 Å². The van der Waals surface area contributed by atoms with Crippen LogP contribution in [0.1, 0.15) is 11.1 Å². The average Bonchev–Trinajstić information content (AvgIpc) is 3.24. The fraction of sp³-hybridized carbons (Fsp3) is 0.0909. The van der Waals surface area contributed by atoms with Crippen LogP contribution in [0.3, 0.4) is 0 Å². The number of nitrogens with one attached hydrogen (secondary N) is 1. The van der Waals surface area contributed by atoms with Gasteiger partial charge in [-0.25, -0.2) is 5.43 Å². The summed E-state index contributed by atoms with van der Waals surface area (Å²) in [5, 5.41) is 15.5. The van der Waals surface area contributed by atoms with E-state index in [0.717, 1.165) is 20.0 Å². The number of aromatic nitrogens is 2. The summed E-state index contributed by atoms with van der Waals surface area (Å²) in [5.41, 5.74) is 4.59. The zero-order valence-corrected chi connectivity index (χ0v) is 19.4. The van der Waals surface area contributed by atoms with Crippen LogP contribution in [0.25, 0.3) is 10.8 Å². The number of halogens is 1. The SMILES string of the molecule is O=C(CSc1nnc(SCc2cccc3ccccc23)s1)NN=Cc1cccc(Cl)c1. The predicted octanol–water partition coefficient (Wildman–Crippen LogP) is 5.88. The maximum Gasteiger partial charge on any atom is 0.250 e. The van der Waals surface area contributed by atoms with Crippen LogP contribution < -0.4 is 5.43 Å². The highest BCUT2D eigenvalue weighted by Gasteiger charge is 2.09. The summed E-state index contributed by atoms with van der Waals surface area (Å²) in [7, 11) is 0. The number of carbonyl (C=O) groups is 1. The van der Waals surface area contributed by atoms with Crippen molar-refractivity contribution in [2.24, 2.45) is 5.10 Å². The van der Waals surface area contributed by atoms with Crippen molar-refractivity contribution in [1.82, 2.24) is 15.6 Å². The number of benzene rings is 3. The number of hydrogen-bond acceptors (Lipinski definition) is 7. The van der Waals surface area contributed by atoms with Crippen molar-refractivity contribution in [3.8, 4) is 0 Å². The number of nitrogens with zero attached hydrogens (tertiary/aromatic N) is 3. The molecule has 1 N–H and O–H groups in total. The highest BCUT2D eigenvalue weighted by Crippen LogP contribution is 2.32. The molecule has 0 saturated carbocycles. The molecule has 5 nitrogen and oxygen atoms in total. The third-order valence-corrected chi connectivity index (χ3v) is 7.67. The molecule has 0 atom stereocenters. The van der Waals surface area contributed by atoms with E-state index in [1.165, 1.54) is 39.4 Å². The molecular formula is C22H17ClN4OS3. The first-order valence-electron chi connectivity index (χ1n) is 9.30. The van der Waals surface area contributed by atoms with Crippen LogP contribution in [0.5, 0.6) is 0 Å². The zero-order valence-electron chi connectivity index (χ0n) is 16.2. The average molecular weight is 485 g/mol. The molecule has 0 radical (unpaired) electrons. The van der Waals surface area contributed by atoms with E-state index in [1.807, 2.05) is 18.2 Å². The quantitative estimate of drug-likeness (QED) is 0.192. The summed E-state index contributed by atoms with van der Waals surface area (Å²) in [5.74, 6) is 0.831. The lowest BCUT2D eigenvalue weighted by atomic mass is 10.1. The van der Waals surface area contributed by atoms with Gasteiger partial charge in [0.1, 0.15) is 0 Å². The Labute approximate surface area is 197 Å². The van der Waals surface area contributed by atoms with E-state index in [0.29, 0.717) is 5.02 Å². The molecule has 31 heavy (non-hydrogen) atoms. The number of fused-ring (bicyclic) bond motifs is 1. The number of thioether (sulfide) groups is 2. The second kappa shape index (κ2) is 10.8. The Balaban J connectivity index is 1.25. The minimum atomic E-state index is -0.205. The molecule has 1 amide bonds. The van der Waals surface area contributed by atoms with Gasteiger partial charge in [-0.05, 0) is 34.0 Å². The van der Waals surface area contributed by atoms with Crippen LogP contribution >= 0.6 is 46.5 Å². The molecule has 0 aliphatic carbocycles. The van der Waals surface area contributed by atoms with Crippen molar-refractivity contribution in [1.29, 1.82) is 0 Å². The maximum atomic E-state index is 12.0. The smallest absolute Gasteiger partial charge is 0.250 e. The third-order valence-electron chi connectivity index (χ3n) is 4.20. The molecule has 0 bridgehead atoms. The van der Waals surface area contributed by atoms with Crippen molar-refractivity contribution in [2.45, 2.75) is 14.4 Å². The van der Waals surface area contributed by atoms with Gasteiger partial charge in [-0.3, -0.25) is 4.79 Å². The maximum absolute atomic E-state index is 12.0. The lowest BCUT2D eigenvalue weighted by molar-refractivity contribution is -0.118. The van der Waals surface area contributed by atoms with E-state index in [1.54, 1.807) is 30.1 Å². The Morgan fingerprint density at radius 2 is 1.81 bits per heavy atom. The Morgan fingerprint density at radius 1 is 1.03 bits per heavy atom. The van der Waals surface area contributed by atoms with Gasteiger partial charge in [0.05, 0.1) is 12.0 Å². The zero-order chi connectivity index (χ0) is 21.5. The summed E-state index contributed by atoms with van der Waals surface area (Å²) < 4.78 is 1.64. The molecule has 3 aromatic carbocycles. The van der Waals surface area contributed by atoms with E-state index in [9.17, 15) is 4.79 Å². The van der Waals surface area contributed by atoms with Crippen molar-refractivity contribution in [3.05, 3.63) is 82.9 Å². The van der Waals surface area contributed by atoms with Crippen molar-refractivity contribution >= 4 is 69.4 Å². The van der Waals surface area contributed by atoms with Crippen LogP contribution in [-0.2, 0) is 10.5 Å². The Kier molecular flexibility index (Phi) is 7.58. The van der Waals surface area contributed by atoms with Crippen LogP contribution in [0.2, 0.25) is 5.02 Å². The monoisotopic (exact) mass is 484 g/mol. The Bertz CT molecular complexity index is 1220. The minimum absolute atomic E-state index is 0.205. The minimum Gasteiger partial charge on any atom is -0.272 e. The topological polar surface area (TPSA) is 67.2 Å². The van der Waals surface area contributed by atoms with Crippen LogP contribution in [-0.4, -0.2) is 28.1 Å². The lowest BCUT2D eigenvalue weighted by Gasteiger charge is -2.04. The van der Waals surface area contributed by atoms with Crippen LogP contribution in [0.15, 0.2) is 80.5 Å². The summed E-state index contributed by atoms with van der Waals surface area (Å²) in [4.78, 5) is 12.0. The molecular weight excluding hydrogens is 468 g/mol. The number of rotatable bonds is 8. The van der Waals surface area contributed by atoms with Gasteiger partial charge in [-0.1, -0.05) is 101 Å². The first-order chi connectivity index (χ1) is 15.2. The number of amides is 1. The van der Waals surface area contributed by atoms with E-state index in [2.05, 4.69) is 57.1 Å². The highest BCUT2D eigenvalue weighted by molar-refractivity contribution is 8.03. The summed E-state index contributed by atoms with van der Waals surface area (Å²) in [6.07, 6.45) is 1.56. The number of hydrazone groups is 1. The van der Waals surface area contributed by atoms with E-state index < -0.39 is 0 Å². The van der Waals surface area contributed by atoms with Gasteiger partial charge >= 0.3 is 0 Å². The summed E-state index contributed by atoms with van der Waals surface area (Å²) in [6.45, 7) is 0. The molecule has 156 valence electrons. The summed E-state index contributed by atoms with van der Waals surface area (Å²) >= 11 is 10.4. The first kappa shape index (κ1) is 21.8. The van der Waals surface area contributed by atoms with Gasteiger partial charge in [0, 0.05) is 10.8 Å². The lowest BCUT2D eigenvalue weighted by Crippen LogP contribution is -2.19. The highest BCUT2D eigenvalue weighted by atomic mass is 35.5. The molecule has 4 rings (SSSR count). The molecule has 0 saturated heterocycles. The molecule has 0 spiro atoms.